The van der Waals surface area contributed by atoms with E-state index in [1.165, 1.54) is 18.5 Å². The van der Waals surface area contributed by atoms with Gasteiger partial charge in [0.05, 0.1) is 0 Å². The molecule has 1 atom stereocenters. The fourth-order valence-electron chi connectivity index (χ4n) is 1.19. The monoisotopic (exact) mass is 203 g/mol. The molecular weight excluding hydrogens is 178 g/mol. The molecule has 74 valence electrons. The molecule has 0 aromatic heterocycles. The van der Waals surface area contributed by atoms with Crippen molar-refractivity contribution in [3.05, 3.63) is 0 Å². The topological polar surface area (TPSA) is 3.24 Å². The summed E-state index contributed by atoms with van der Waals surface area (Å²) in [4.78, 5) is 0. The fourth-order valence-corrected chi connectivity index (χ4v) is 4.17. The Bertz CT molecular complexity index is 118. The van der Waals surface area contributed by atoms with Crippen molar-refractivity contribution < 1.29 is 0 Å². The van der Waals surface area contributed by atoms with Crippen LogP contribution < -0.4 is 0 Å². The standard InChI is InChI=1S/C9H25NSi2/c1-10(2)11(3)8-7-9-12(4,5)6/h11H,7-9H2,1-6H3. The zero-order valence-electron chi connectivity index (χ0n) is 9.65. The summed E-state index contributed by atoms with van der Waals surface area (Å²) in [7, 11) is 3.19. The van der Waals surface area contributed by atoms with Gasteiger partial charge in [-0.3, -0.25) is 0 Å². The maximum atomic E-state index is 2.47. The van der Waals surface area contributed by atoms with Crippen molar-refractivity contribution >= 4 is 17.0 Å². The van der Waals surface area contributed by atoms with Crippen molar-refractivity contribution in [3.63, 3.8) is 0 Å². The molecule has 0 aromatic carbocycles. The second kappa shape index (κ2) is 5.19. The lowest BCUT2D eigenvalue weighted by Crippen LogP contribution is -2.29. The fraction of sp³-hybridized carbons (Fsp3) is 1.00. The molecule has 0 bridgehead atoms. The van der Waals surface area contributed by atoms with Gasteiger partial charge in [0, 0.05) is 8.07 Å². The van der Waals surface area contributed by atoms with E-state index in [2.05, 4.69) is 44.8 Å². The Morgan fingerprint density at radius 2 is 1.67 bits per heavy atom. The Labute approximate surface area is 80.9 Å². The van der Waals surface area contributed by atoms with E-state index in [0.29, 0.717) is 0 Å². The normalized spacial score (nSPS) is 15.2. The van der Waals surface area contributed by atoms with E-state index in [1.54, 1.807) is 0 Å². The number of hydrogen-bond donors (Lipinski definition) is 0. The molecule has 0 amide bonds. The molecule has 0 rings (SSSR count). The molecule has 0 N–H and O–H groups in total. The second-order valence-electron chi connectivity index (χ2n) is 5.27. The molecule has 0 aliphatic rings. The van der Waals surface area contributed by atoms with Gasteiger partial charge in [0.1, 0.15) is 8.96 Å². The molecule has 1 unspecified atom stereocenters. The summed E-state index contributed by atoms with van der Waals surface area (Å²) in [5.41, 5.74) is 0. The molecular formula is C9H25NSi2. The van der Waals surface area contributed by atoms with Crippen LogP contribution in [0.5, 0.6) is 0 Å². The first-order valence-electron chi connectivity index (χ1n) is 4.99. The number of rotatable bonds is 5. The minimum absolute atomic E-state index is 0.509. The van der Waals surface area contributed by atoms with Gasteiger partial charge in [-0.25, -0.2) is 0 Å². The van der Waals surface area contributed by atoms with Crippen LogP contribution in [0.15, 0.2) is 0 Å². The molecule has 1 nitrogen and oxygen atoms in total. The van der Waals surface area contributed by atoms with E-state index >= 15 is 0 Å². The molecule has 0 saturated heterocycles. The summed E-state index contributed by atoms with van der Waals surface area (Å²) in [5.74, 6) is 0. The van der Waals surface area contributed by atoms with Crippen LogP contribution in [0, 0.1) is 0 Å². The van der Waals surface area contributed by atoms with Crippen LogP contribution in [0.2, 0.25) is 38.3 Å². The van der Waals surface area contributed by atoms with Gasteiger partial charge in [-0.15, -0.1) is 0 Å². The van der Waals surface area contributed by atoms with Gasteiger partial charge in [0.25, 0.3) is 0 Å². The van der Waals surface area contributed by atoms with Gasteiger partial charge in [-0.05, 0) is 20.1 Å². The molecule has 0 heterocycles. The van der Waals surface area contributed by atoms with Gasteiger partial charge in [0.2, 0.25) is 0 Å². The van der Waals surface area contributed by atoms with Crippen LogP contribution in [-0.2, 0) is 0 Å². The minimum Gasteiger partial charge on any atom is -0.332 e. The molecule has 0 spiro atoms. The average Bonchev–Trinajstić information content (AvgIpc) is 1.84. The predicted molar refractivity (Wildman–Crippen MR) is 64.3 cm³/mol. The first kappa shape index (κ1) is 12.4. The molecule has 0 saturated carbocycles. The van der Waals surface area contributed by atoms with Crippen molar-refractivity contribution in [1.29, 1.82) is 0 Å². The van der Waals surface area contributed by atoms with Crippen molar-refractivity contribution in [2.45, 2.75) is 44.7 Å². The van der Waals surface area contributed by atoms with Gasteiger partial charge >= 0.3 is 0 Å². The summed E-state index contributed by atoms with van der Waals surface area (Å²) < 4.78 is 2.45. The van der Waals surface area contributed by atoms with E-state index in [-0.39, 0.29) is 0 Å². The maximum Gasteiger partial charge on any atom is 0.108 e. The Morgan fingerprint density at radius 1 is 1.17 bits per heavy atom. The summed E-state index contributed by atoms with van der Waals surface area (Å²) in [6, 6.07) is 3.01. The third-order valence-electron chi connectivity index (χ3n) is 2.43. The van der Waals surface area contributed by atoms with Crippen LogP contribution in [0.25, 0.3) is 0 Å². The summed E-state index contributed by atoms with van der Waals surface area (Å²) in [5, 5.41) is 0. The third kappa shape index (κ3) is 7.07. The molecule has 0 aliphatic heterocycles. The van der Waals surface area contributed by atoms with E-state index < -0.39 is 17.0 Å². The summed E-state index contributed by atoms with van der Waals surface area (Å²) in [6.45, 7) is 9.85. The molecule has 12 heavy (non-hydrogen) atoms. The largest absolute Gasteiger partial charge is 0.332 e. The zero-order valence-corrected chi connectivity index (χ0v) is 11.8. The van der Waals surface area contributed by atoms with E-state index in [0.717, 1.165) is 0 Å². The average molecular weight is 203 g/mol. The third-order valence-corrected chi connectivity index (χ3v) is 7.29. The molecule has 0 radical (unpaired) electrons. The Balaban J connectivity index is 3.44. The van der Waals surface area contributed by atoms with Crippen LogP contribution in [-0.4, -0.2) is 35.7 Å². The summed E-state index contributed by atoms with van der Waals surface area (Å²) in [6.07, 6.45) is 1.47. The molecule has 0 aromatic rings. The zero-order chi connectivity index (χ0) is 9.78. The van der Waals surface area contributed by atoms with E-state index in [9.17, 15) is 0 Å². The van der Waals surface area contributed by atoms with E-state index in [4.69, 9.17) is 0 Å². The number of nitrogens with zero attached hydrogens (tertiary/aromatic N) is 1. The first-order valence-corrected chi connectivity index (χ1v) is 11.2. The maximum absolute atomic E-state index is 2.47. The van der Waals surface area contributed by atoms with Crippen LogP contribution >= 0.6 is 0 Å². The Hall–Kier alpha value is 0.394. The first-order chi connectivity index (χ1) is 5.33. The Morgan fingerprint density at radius 3 is 2.00 bits per heavy atom. The van der Waals surface area contributed by atoms with E-state index in [1.807, 2.05) is 0 Å². The highest BCUT2D eigenvalue weighted by Gasteiger charge is 2.14. The van der Waals surface area contributed by atoms with Gasteiger partial charge in [0.15, 0.2) is 0 Å². The van der Waals surface area contributed by atoms with Crippen LogP contribution in [0.3, 0.4) is 0 Å². The quantitative estimate of drug-likeness (QED) is 0.621. The molecule has 0 aliphatic carbocycles. The van der Waals surface area contributed by atoms with Crippen molar-refractivity contribution in [3.8, 4) is 0 Å². The highest BCUT2D eigenvalue weighted by molar-refractivity contribution is 6.76. The van der Waals surface area contributed by atoms with Gasteiger partial charge < -0.3 is 4.57 Å². The number of hydrogen-bond acceptors (Lipinski definition) is 1. The second-order valence-corrected chi connectivity index (χ2v) is 14.2. The molecule has 0 fully saturated rings. The SMILES string of the molecule is CN(C)[SiH](C)CCC[Si](C)(C)C. The molecule has 3 heteroatoms. The van der Waals surface area contributed by atoms with Crippen LogP contribution in [0.4, 0.5) is 0 Å². The lowest BCUT2D eigenvalue weighted by atomic mass is 10.6. The lowest BCUT2D eigenvalue weighted by Gasteiger charge is -2.20. The Kier molecular flexibility index (Phi) is 5.36. The van der Waals surface area contributed by atoms with Crippen molar-refractivity contribution in [1.82, 2.24) is 4.57 Å². The predicted octanol–water partition coefficient (Wildman–Crippen LogP) is 2.63. The van der Waals surface area contributed by atoms with Gasteiger partial charge in [-0.1, -0.05) is 38.7 Å². The van der Waals surface area contributed by atoms with Crippen molar-refractivity contribution in [2.75, 3.05) is 14.1 Å². The minimum atomic E-state index is -0.755. The van der Waals surface area contributed by atoms with Gasteiger partial charge in [-0.2, -0.15) is 0 Å². The highest BCUT2D eigenvalue weighted by atomic mass is 28.3. The van der Waals surface area contributed by atoms with Crippen molar-refractivity contribution in [2.24, 2.45) is 0 Å². The lowest BCUT2D eigenvalue weighted by molar-refractivity contribution is 0.636. The smallest absolute Gasteiger partial charge is 0.108 e. The highest BCUT2D eigenvalue weighted by Crippen LogP contribution is 2.14. The summed E-state index contributed by atoms with van der Waals surface area (Å²) >= 11 is 0. The van der Waals surface area contributed by atoms with Crippen LogP contribution in [0.1, 0.15) is 6.42 Å².